The number of nitrogens with one attached hydrogen (secondary N) is 2. The van der Waals surface area contributed by atoms with Crippen LogP contribution in [-0.4, -0.2) is 122 Å². The minimum absolute atomic E-state index is 0.00278. The lowest BCUT2D eigenvalue weighted by molar-refractivity contribution is -0.384. The Kier molecular flexibility index (Phi) is 13.9. The topological polar surface area (TPSA) is 248 Å². The summed E-state index contributed by atoms with van der Waals surface area (Å²) in [5.74, 6) is -2.64. The van der Waals surface area contributed by atoms with Crippen LogP contribution in [0.3, 0.4) is 0 Å². The third kappa shape index (κ3) is 8.86. The van der Waals surface area contributed by atoms with Crippen LogP contribution in [0.1, 0.15) is 46.5 Å². The van der Waals surface area contributed by atoms with E-state index in [9.17, 15) is 44.3 Å². The Morgan fingerprint density at radius 2 is 1.55 bits per heavy atom. The van der Waals surface area contributed by atoms with Crippen molar-refractivity contribution < 1.29 is 71.9 Å². The number of ether oxygens (including phenoxy) is 6. The zero-order chi connectivity index (χ0) is 42.3. The van der Waals surface area contributed by atoms with Gasteiger partial charge in [-0.05, 0) is 68.7 Å². The molecule has 19 heteroatoms. The van der Waals surface area contributed by atoms with Crippen LogP contribution in [0.4, 0.5) is 24.5 Å². The van der Waals surface area contributed by atoms with Gasteiger partial charge in [0.25, 0.3) is 5.69 Å². The number of alkyl halides is 1. The van der Waals surface area contributed by atoms with Crippen LogP contribution in [0.15, 0.2) is 48.1 Å². The van der Waals surface area contributed by atoms with Crippen LogP contribution in [0.2, 0.25) is 0 Å². The monoisotopic (exact) mass is 819 g/mol. The number of halogens is 1. The maximum atomic E-state index is 17.4. The lowest BCUT2D eigenvalue weighted by Gasteiger charge is -2.62. The standard InChI is InChI=1S/C39H50FN3O15/c1-24-20-30-29-9-4-25-21-27(44)10-11-36(25,2)38(29,40)31(45)22-37(30,3)39(24,50)32(46)23-57-34(48)42-13-15-53-16-18-55-33(47)41-12-14-54-17-19-56-35(49)58-28-7-5-26(6-8-28)43(51)52/h5-8,10-11,21,24,29-31,45,50H,4,9,12-20,22-23H2,1-3H3,(H,41,47)(H,42,48)/t24-,29?,30?,31?,36?,37?,38+,39+/m1/s1. The van der Waals surface area contributed by atoms with Gasteiger partial charge in [-0.1, -0.05) is 25.5 Å². The molecule has 4 aliphatic rings. The number of hydrogen-bond acceptors (Lipinski definition) is 15. The molecule has 0 bridgehead atoms. The summed E-state index contributed by atoms with van der Waals surface area (Å²) in [5, 5.41) is 39.1. The van der Waals surface area contributed by atoms with Gasteiger partial charge in [-0.3, -0.25) is 19.7 Å². The number of aliphatic hydroxyl groups excluding tert-OH is 1. The molecule has 18 nitrogen and oxygen atoms in total. The van der Waals surface area contributed by atoms with Gasteiger partial charge in [0.1, 0.15) is 24.6 Å². The molecule has 2 amide bonds. The largest absolute Gasteiger partial charge is 0.513 e. The van der Waals surface area contributed by atoms with E-state index in [-0.39, 0.29) is 76.4 Å². The second-order valence-corrected chi connectivity index (χ2v) is 15.3. The summed E-state index contributed by atoms with van der Waals surface area (Å²) >= 11 is 0. The number of non-ortho nitro benzene ring substituents is 1. The Hall–Kier alpha value is -4.98. The van der Waals surface area contributed by atoms with Crippen molar-refractivity contribution in [2.45, 2.75) is 63.8 Å². The minimum atomic E-state index is -2.11. The van der Waals surface area contributed by atoms with Crippen molar-refractivity contribution in [3.63, 3.8) is 0 Å². The Bertz CT molecular complexity index is 1790. The van der Waals surface area contributed by atoms with Gasteiger partial charge < -0.3 is 49.3 Å². The number of aliphatic hydroxyl groups is 2. The summed E-state index contributed by atoms with van der Waals surface area (Å²) in [5.41, 5.74) is -6.03. The maximum Gasteiger partial charge on any atom is 0.513 e. The molecule has 318 valence electrons. The van der Waals surface area contributed by atoms with E-state index in [1.165, 1.54) is 36.4 Å². The Labute approximate surface area is 333 Å². The van der Waals surface area contributed by atoms with Crippen molar-refractivity contribution in [3.05, 3.63) is 58.2 Å². The molecule has 4 N–H and O–H groups in total. The van der Waals surface area contributed by atoms with Crippen LogP contribution < -0.4 is 15.4 Å². The van der Waals surface area contributed by atoms with Crippen molar-refractivity contribution >= 4 is 35.6 Å². The highest BCUT2D eigenvalue weighted by molar-refractivity contribution is 6.01. The quantitative estimate of drug-likeness (QED) is 0.0439. The number of allylic oxidation sites excluding steroid dienone is 4. The molecule has 3 saturated carbocycles. The average molecular weight is 820 g/mol. The highest BCUT2D eigenvalue weighted by Crippen LogP contribution is 2.70. The lowest BCUT2D eigenvalue weighted by Crippen LogP contribution is -2.69. The number of fused-ring (bicyclic) bond motifs is 5. The molecule has 5 rings (SSSR count). The van der Waals surface area contributed by atoms with E-state index in [0.717, 1.165) is 0 Å². The maximum absolute atomic E-state index is 17.4. The van der Waals surface area contributed by atoms with E-state index in [4.69, 9.17) is 28.4 Å². The molecule has 1 aromatic rings. The first-order valence-corrected chi connectivity index (χ1v) is 19.1. The lowest BCUT2D eigenvalue weighted by atomic mass is 9.44. The molecule has 0 saturated heterocycles. The highest BCUT2D eigenvalue weighted by Gasteiger charge is 2.75. The van der Waals surface area contributed by atoms with Crippen LogP contribution in [-0.2, 0) is 33.3 Å². The van der Waals surface area contributed by atoms with Crippen molar-refractivity contribution in [1.29, 1.82) is 0 Å². The number of carbonyl (C=O) groups is 5. The Balaban J connectivity index is 0.920. The van der Waals surface area contributed by atoms with Gasteiger partial charge >= 0.3 is 18.3 Å². The van der Waals surface area contributed by atoms with Gasteiger partial charge in [0.2, 0.25) is 5.78 Å². The number of Topliss-reactive ketones (excluding diaryl/α,β-unsaturated/α-hetero) is 1. The van der Waals surface area contributed by atoms with Crippen molar-refractivity contribution in [2.75, 3.05) is 59.3 Å². The van der Waals surface area contributed by atoms with Gasteiger partial charge in [0, 0.05) is 42.0 Å². The number of ketones is 2. The first kappa shape index (κ1) is 44.1. The molecular formula is C39H50FN3O15. The highest BCUT2D eigenvalue weighted by atomic mass is 19.1. The van der Waals surface area contributed by atoms with E-state index < -0.39 is 81.6 Å². The average Bonchev–Trinajstić information content (AvgIpc) is 3.38. The fourth-order valence-corrected chi connectivity index (χ4v) is 9.28. The van der Waals surface area contributed by atoms with Gasteiger partial charge in [-0.2, -0.15) is 0 Å². The van der Waals surface area contributed by atoms with E-state index in [1.807, 2.05) is 0 Å². The van der Waals surface area contributed by atoms with E-state index in [2.05, 4.69) is 10.6 Å². The normalized spacial score (nSPS) is 30.8. The number of nitro groups is 1. The summed E-state index contributed by atoms with van der Waals surface area (Å²) in [7, 11) is 0. The zero-order valence-electron chi connectivity index (χ0n) is 32.6. The number of rotatable bonds is 17. The predicted octanol–water partition coefficient (Wildman–Crippen LogP) is 3.51. The molecule has 3 fully saturated rings. The van der Waals surface area contributed by atoms with Crippen LogP contribution in [0, 0.1) is 38.7 Å². The third-order valence-electron chi connectivity index (χ3n) is 12.2. The molecule has 8 atom stereocenters. The van der Waals surface area contributed by atoms with Crippen molar-refractivity contribution in [3.8, 4) is 5.75 Å². The Morgan fingerprint density at radius 3 is 2.19 bits per heavy atom. The van der Waals surface area contributed by atoms with E-state index in [1.54, 1.807) is 26.8 Å². The molecular weight excluding hydrogens is 769 g/mol. The molecule has 1 aromatic carbocycles. The molecule has 58 heavy (non-hydrogen) atoms. The van der Waals surface area contributed by atoms with E-state index in [0.29, 0.717) is 24.8 Å². The molecule has 0 radical (unpaired) electrons. The number of hydrogen-bond donors (Lipinski definition) is 4. The summed E-state index contributed by atoms with van der Waals surface area (Å²) in [6.45, 7) is 4.35. The van der Waals surface area contributed by atoms with Gasteiger partial charge in [0.15, 0.2) is 18.1 Å². The van der Waals surface area contributed by atoms with Gasteiger partial charge in [0.05, 0.1) is 37.5 Å². The SMILES string of the molecule is C[C@@H]1CC2C3CCC4=CC(=O)C=CC4(C)[C@@]3(F)C(O)CC2(C)[C@@]1(O)C(=O)COC(=O)NCCOCCOC(=O)NCCOCCOC(=O)Oc1ccc([N+](=O)[O-])cc1. The summed E-state index contributed by atoms with van der Waals surface area (Å²) in [6.07, 6.45) is 1.06. The molecule has 0 aliphatic heterocycles. The fourth-order valence-electron chi connectivity index (χ4n) is 9.28. The third-order valence-corrected chi connectivity index (χ3v) is 12.2. The van der Waals surface area contributed by atoms with Crippen molar-refractivity contribution in [2.24, 2.45) is 28.6 Å². The van der Waals surface area contributed by atoms with Crippen LogP contribution in [0.25, 0.3) is 0 Å². The zero-order valence-corrected chi connectivity index (χ0v) is 32.6. The number of nitro benzene ring substituents is 1. The molecule has 0 heterocycles. The molecule has 0 spiro atoms. The number of nitrogens with zero attached hydrogens (tertiary/aromatic N) is 1. The van der Waals surface area contributed by atoms with Gasteiger partial charge in [-0.25, -0.2) is 18.8 Å². The smallest absolute Gasteiger partial charge is 0.447 e. The van der Waals surface area contributed by atoms with Crippen LogP contribution >= 0.6 is 0 Å². The number of amides is 2. The van der Waals surface area contributed by atoms with Crippen LogP contribution in [0.5, 0.6) is 5.75 Å². The first-order valence-electron chi connectivity index (χ1n) is 19.1. The van der Waals surface area contributed by atoms with Gasteiger partial charge in [-0.15, -0.1) is 0 Å². The molecule has 4 aliphatic carbocycles. The second kappa shape index (κ2) is 18.3. The Morgan fingerprint density at radius 1 is 0.931 bits per heavy atom. The minimum Gasteiger partial charge on any atom is -0.447 e. The molecule has 5 unspecified atom stereocenters. The fraction of sp³-hybridized carbons (Fsp3) is 0.615. The summed E-state index contributed by atoms with van der Waals surface area (Å²) < 4.78 is 47.8. The number of alkyl carbamates (subject to hydrolysis) is 2. The summed E-state index contributed by atoms with van der Waals surface area (Å²) in [4.78, 5) is 71.7. The number of carbonyl (C=O) groups excluding carboxylic acids is 5. The first-order chi connectivity index (χ1) is 27.5. The van der Waals surface area contributed by atoms with E-state index >= 15 is 4.39 Å². The predicted molar refractivity (Wildman–Crippen MR) is 198 cm³/mol. The second-order valence-electron chi connectivity index (χ2n) is 15.3. The number of benzene rings is 1. The summed E-state index contributed by atoms with van der Waals surface area (Å²) in [6, 6.07) is 4.87. The molecule has 0 aromatic heterocycles. The van der Waals surface area contributed by atoms with Crippen molar-refractivity contribution in [1.82, 2.24) is 10.6 Å².